The van der Waals surface area contributed by atoms with Gasteiger partial charge in [0.25, 0.3) is 0 Å². The van der Waals surface area contributed by atoms with E-state index in [0.717, 1.165) is 72.5 Å². The van der Waals surface area contributed by atoms with E-state index in [2.05, 4.69) is 191 Å². The first-order valence-electron chi connectivity index (χ1n) is 20.2. The van der Waals surface area contributed by atoms with Crippen molar-refractivity contribution < 1.29 is 9.47 Å². The van der Waals surface area contributed by atoms with Crippen LogP contribution in [0.5, 0.6) is 23.0 Å². The normalized spacial score (nSPS) is 13.5. The van der Waals surface area contributed by atoms with Crippen LogP contribution in [0, 0.1) is 0 Å². The van der Waals surface area contributed by atoms with Gasteiger partial charge in [0.2, 0.25) is 0 Å². The van der Waals surface area contributed by atoms with E-state index < -0.39 is 6.04 Å². The Bertz CT molecular complexity index is 3330. The third-order valence-corrected chi connectivity index (χ3v) is 17.2. The van der Waals surface area contributed by atoms with Gasteiger partial charge in [0, 0.05) is 43.5 Å². The summed E-state index contributed by atoms with van der Waals surface area (Å²) in [6.45, 7) is 0. The summed E-state index contributed by atoms with van der Waals surface area (Å²) in [5.74, 6) is 3.15. The molecule has 0 saturated heterocycles. The third kappa shape index (κ3) is 4.76. The quantitative estimate of drug-likeness (QED) is 0.166. The van der Waals surface area contributed by atoms with Crippen LogP contribution in [0.15, 0.2) is 200 Å². The number of para-hydroxylation sites is 4. The minimum absolute atomic E-state index is 0.772. The van der Waals surface area contributed by atoms with Crippen LogP contribution in [0.2, 0.25) is 0 Å². The first-order chi connectivity index (χ1) is 29.6. The maximum atomic E-state index is 7.11. The van der Waals surface area contributed by atoms with Crippen LogP contribution in [0.1, 0.15) is 0 Å². The molecule has 0 saturated carbocycles. The Hall–Kier alpha value is -7.17. The van der Waals surface area contributed by atoms with Gasteiger partial charge in [0.05, 0.1) is 33.4 Å². The zero-order valence-electron chi connectivity index (χ0n) is 32.1. The summed E-state index contributed by atoms with van der Waals surface area (Å²) in [4.78, 5) is 0. The van der Waals surface area contributed by atoms with Gasteiger partial charge in [0.15, 0.2) is 0 Å². The molecule has 2 aliphatic rings. The van der Waals surface area contributed by atoms with Gasteiger partial charge in [-0.25, -0.2) is 0 Å². The van der Waals surface area contributed by atoms with Crippen molar-refractivity contribution in [1.82, 2.24) is 9.13 Å². The number of hydrogen-bond acceptors (Lipinski definition) is 3. The Kier molecular flexibility index (Phi) is 7.13. The topological polar surface area (TPSA) is 28.3 Å². The van der Waals surface area contributed by atoms with Gasteiger partial charge in [-0.3, -0.25) is 0 Å². The van der Waals surface area contributed by atoms with Gasteiger partial charge in [0.1, 0.15) is 23.0 Å². The lowest BCUT2D eigenvalue weighted by atomic mass is 10.0. The lowest BCUT2D eigenvalue weighted by molar-refractivity contribution is 0.466. The molecule has 0 unspecified atom stereocenters. The maximum Gasteiger partial charge on any atom is 0.140 e. The first-order valence-corrected chi connectivity index (χ1v) is 23.0. The van der Waals surface area contributed by atoms with Crippen LogP contribution in [0.4, 0.5) is 0 Å². The Morgan fingerprint density at radius 2 is 0.700 bits per heavy atom. The molecule has 282 valence electrons. The highest BCUT2D eigenvalue weighted by atomic mass is 32.4. The van der Waals surface area contributed by atoms with Crippen LogP contribution in [0.3, 0.4) is 0 Å². The van der Waals surface area contributed by atoms with Crippen LogP contribution < -0.4 is 25.4 Å². The second-order valence-corrected chi connectivity index (χ2v) is 19.9. The van der Waals surface area contributed by atoms with Crippen LogP contribution in [0.25, 0.3) is 77.2 Å². The molecule has 11 aromatic rings. The lowest BCUT2D eigenvalue weighted by Gasteiger charge is -2.37. The maximum absolute atomic E-state index is 7.11. The molecular formula is C54H33N2O2PS. The summed E-state index contributed by atoms with van der Waals surface area (Å²) in [6.07, 6.45) is 0. The summed E-state index contributed by atoms with van der Waals surface area (Å²) < 4.78 is 18.1. The predicted octanol–water partition coefficient (Wildman–Crippen LogP) is 13.2. The van der Waals surface area contributed by atoms with E-state index >= 15 is 0 Å². The number of rotatable bonds is 4. The molecule has 0 fully saturated rings. The van der Waals surface area contributed by atoms with Crippen molar-refractivity contribution in [1.29, 1.82) is 0 Å². The van der Waals surface area contributed by atoms with Crippen molar-refractivity contribution in [3.8, 4) is 56.6 Å². The molecule has 0 bridgehead atoms. The van der Waals surface area contributed by atoms with E-state index in [4.69, 9.17) is 21.3 Å². The van der Waals surface area contributed by atoms with E-state index in [-0.39, 0.29) is 0 Å². The van der Waals surface area contributed by atoms with Gasteiger partial charge >= 0.3 is 0 Å². The van der Waals surface area contributed by atoms with Crippen molar-refractivity contribution >= 4 is 77.4 Å². The zero-order chi connectivity index (χ0) is 39.5. The number of hydrogen-bond donors (Lipinski definition) is 0. The third-order valence-electron chi connectivity index (χ3n) is 12.3. The Morgan fingerprint density at radius 1 is 0.333 bits per heavy atom. The largest absolute Gasteiger partial charge is 0.456 e. The number of aromatic nitrogens is 2. The summed E-state index contributed by atoms with van der Waals surface area (Å²) in [6, 6.07) is 68.7. The number of nitrogens with zero attached hydrogens (tertiary/aromatic N) is 2. The van der Waals surface area contributed by atoms with E-state index in [1.54, 1.807) is 0 Å². The van der Waals surface area contributed by atoms with Gasteiger partial charge in [-0.15, -0.1) is 0 Å². The number of fused-ring (bicyclic) bond motifs is 10. The summed E-state index contributed by atoms with van der Waals surface area (Å²) in [5.41, 5.74) is 11.4. The predicted molar refractivity (Wildman–Crippen MR) is 252 cm³/mol. The van der Waals surface area contributed by atoms with Crippen molar-refractivity contribution in [3.05, 3.63) is 200 Å². The molecule has 0 aliphatic carbocycles. The van der Waals surface area contributed by atoms with Gasteiger partial charge in [-0.1, -0.05) is 127 Å². The van der Waals surface area contributed by atoms with Crippen LogP contribution in [-0.2, 0) is 11.8 Å². The van der Waals surface area contributed by atoms with Crippen molar-refractivity contribution in [3.63, 3.8) is 0 Å². The molecular weight excluding hydrogens is 772 g/mol. The van der Waals surface area contributed by atoms with Crippen molar-refractivity contribution in [2.45, 2.75) is 0 Å². The summed E-state index contributed by atoms with van der Waals surface area (Å²) in [5, 5.41) is 8.03. The second kappa shape index (κ2) is 12.7. The standard InChI is InChI=1S/C54H33N2O2PS/c60-59-52-32-36(34-12-9-14-38(30-34)55-44-20-5-1-16-40(44)41-17-2-6-21-45(41)55)26-28-48(52)57-50-24-11-25-51(54(50)59)58-49-29-27-37(33-53(49)59)35-13-10-15-39(31-35)56-46-22-7-3-18-42(46)43-19-4-8-23-47(43)56/h1-33H. The highest BCUT2D eigenvalue weighted by Crippen LogP contribution is 2.59. The molecule has 0 radical (unpaired) electrons. The van der Waals surface area contributed by atoms with E-state index in [1.807, 2.05) is 18.2 Å². The van der Waals surface area contributed by atoms with Crippen LogP contribution >= 0.6 is 6.04 Å². The summed E-state index contributed by atoms with van der Waals surface area (Å²) >= 11 is 7.11. The molecule has 4 nitrogen and oxygen atoms in total. The number of benzene rings is 9. The van der Waals surface area contributed by atoms with Gasteiger partial charge < -0.3 is 18.6 Å². The fourth-order valence-corrected chi connectivity index (χ4v) is 14.2. The molecule has 9 aromatic carbocycles. The summed E-state index contributed by atoms with van der Waals surface area (Å²) in [7, 11) is 0. The average molecular weight is 805 g/mol. The monoisotopic (exact) mass is 804 g/mol. The molecule has 13 rings (SSSR count). The van der Waals surface area contributed by atoms with E-state index in [9.17, 15) is 0 Å². The fraction of sp³-hybridized carbons (Fsp3) is 0. The average Bonchev–Trinajstić information content (AvgIpc) is 3.82. The van der Waals surface area contributed by atoms with Crippen LogP contribution in [-0.4, -0.2) is 9.13 Å². The minimum atomic E-state index is -2.69. The second-order valence-electron chi connectivity index (χ2n) is 15.6. The molecule has 2 aliphatic heterocycles. The fourth-order valence-electron chi connectivity index (χ4n) is 9.69. The Balaban J connectivity index is 0.962. The van der Waals surface area contributed by atoms with Crippen molar-refractivity contribution in [2.75, 3.05) is 0 Å². The molecule has 0 N–H and O–H groups in total. The zero-order valence-corrected chi connectivity index (χ0v) is 33.8. The molecule has 2 aromatic heterocycles. The van der Waals surface area contributed by atoms with Crippen molar-refractivity contribution in [2.24, 2.45) is 0 Å². The smallest absolute Gasteiger partial charge is 0.140 e. The first kappa shape index (κ1) is 33.8. The lowest BCUT2D eigenvalue weighted by Crippen LogP contribution is -2.35. The molecule has 4 heterocycles. The molecule has 0 atom stereocenters. The minimum Gasteiger partial charge on any atom is -0.456 e. The molecule has 6 heteroatoms. The number of ether oxygens (including phenoxy) is 2. The Labute approximate surface area is 351 Å². The highest BCUT2D eigenvalue weighted by Gasteiger charge is 2.43. The molecule has 0 amide bonds. The molecule has 0 spiro atoms. The SMILES string of the molecule is S=P12c3cc(-c4cccc(-n5c6ccccc6c6ccccc65)c4)ccc3Oc3cccc(c31)Oc1ccc(-c3cccc(-n4c5ccccc5c5ccccc54)c3)cc12. The van der Waals surface area contributed by atoms with Gasteiger partial charge in [-0.2, -0.15) is 0 Å². The van der Waals surface area contributed by atoms with E-state index in [0.29, 0.717) is 0 Å². The highest BCUT2D eigenvalue weighted by molar-refractivity contribution is 8.26. The van der Waals surface area contributed by atoms with E-state index in [1.165, 1.54) is 43.6 Å². The van der Waals surface area contributed by atoms with Gasteiger partial charge in [-0.05, 0) is 107 Å². The molecule has 60 heavy (non-hydrogen) atoms. The Morgan fingerprint density at radius 3 is 1.12 bits per heavy atom.